The molecule has 0 amide bonds. The van der Waals surface area contributed by atoms with Gasteiger partial charge in [0.25, 0.3) is 0 Å². The number of nitrogens with one attached hydrogen (secondary N) is 1. The highest BCUT2D eigenvalue weighted by Gasteiger charge is 2.71. The van der Waals surface area contributed by atoms with E-state index in [1.54, 1.807) is 24.7 Å². The number of aliphatic hydroxyl groups is 4. The van der Waals surface area contributed by atoms with E-state index in [-0.39, 0.29) is 23.9 Å². The summed E-state index contributed by atoms with van der Waals surface area (Å²) >= 11 is 6.20. The van der Waals surface area contributed by atoms with Crippen molar-refractivity contribution in [3.63, 3.8) is 0 Å². The summed E-state index contributed by atoms with van der Waals surface area (Å²) in [4.78, 5) is 13.1. The zero-order valence-electron chi connectivity index (χ0n) is 16.3. The Morgan fingerprint density at radius 1 is 1.34 bits per heavy atom. The topological polar surface area (TPSA) is 137 Å². The molecule has 0 spiro atoms. The van der Waals surface area contributed by atoms with Crippen LogP contribution in [0.4, 0.5) is 5.82 Å². The lowest BCUT2D eigenvalue weighted by Crippen LogP contribution is -2.43. The predicted molar refractivity (Wildman–Crippen MR) is 105 cm³/mol. The second kappa shape index (κ2) is 6.24. The fourth-order valence-electron chi connectivity index (χ4n) is 5.21. The van der Waals surface area contributed by atoms with Crippen molar-refractivity contribution in [1.82, 2.24) is 19.5 Å². The van der Waals surface area contributed by atoms with Crippen molar-refractivity contribution >= 4 is 28.6 Å². The molecule has 10 heteroatoms. The van der Waals surface area contributed by atoms with E-state index in [0.29, 0.717) is 29.3 Å². The lowest BCUT2D eigenvalue weighted by Gasteiger charge is -2.30. The monoisotopic (exact) mass is 423 g/mol. The lowest BCUT2D eigenvalue weighted by molar-refractivity contribution is -0.0300. The van der Waals surface area contributed by atoms with Crippen LogP contribution >= 0.6 is 11.6 Å². The van der Waals surface area contributed by atoms with Gasteiger partial charge in [0.05, 0.1) is 36.7 Å². The van der Waals surface area contributed by atoms with Gasteiger partial charge in [0, 0.05) is 5.41 Å². The highest BCUT2D eigenvalue weighted by molar-refractivity contribution is 6.28. The van der Waals surface area contributed by atoms with Crippen LogP contribution in [0.3, 0.4) is 0 Å². The Morgan fingerprint density at radius 3 is 2.66 bits per heavy atom. The molecule has 3 saturated carbocycles. The summed E-state index contributed by atoms with van der Waals surface area (Å²) in [6.07, 6.45) is 2.26. The van der Waals surface area contributed by atoms with Crippen molar-refractivity contribution in [2.24, 2.45) is 17.3 Å². The van der Waals surface area contributed by atoms with E-state index < -0.39 is 29.3 Å². The third-order valence-electron chi connectivity index (χ3n) is 7.01. The molecule has 0 aliphatic heterocycles. The van der Waals surface area contributed by atoms with Gasteiger partial charge < -0.3 is 30.3 Å². The lowest BCUT2D eigenvalue weighted by atomic mass is 9.94. The Kier molecular flexibility index (Phi) is 4.19. The second-order valence-electron chi connectivity index (χ2n) is 9.41. The van der Waals surface area contributed by atoms with Gasteiger partial charge in [0.1, 0.15) is 6.10 Å². The highest BCUT2D eigenvalue weighted by atomic mass is 35.5. The number of hydrogen-bond acceptors (Lipinski definition) is 8. The van der Waals surface area contributed by atoms with E-state index in [9.17, 15) is 20.4 Å². The number of imidazole rings is 1. The molecule has 3 aliphatic carbocycles. The molecular formula is C19H26ClN5O4. The Labute approximate surface area is 172 Å². The zero-order chi connectivity index (χ0) is 20.7. The molecule has 0 aromatic carbocycles. The van der Waals surface area contributed by atoms with Crippen molar-refractivity contribution in [3.8, 4) is 0 Å². The van der Waals surface area contributed by atoms with E-state index in [2.05, 4.69) is 20.3 Å². The molecule has 0 bridgehead atoms. The first-order valence-corrected chi connectivity index (χ1v) is 10.4. The third kappa shape index (κ3) is 2.86. The molecule has 0 radical (unpaired) electrons. The van der Waals surface area contributed by atoms with E-state index >= 15 is 0 Å². The van der Waals surface area contributed by atoms with Crippen molar-refractivity contribution in [1.29, 1.82) is 0 Å². The van der Waals surface area contributed by atoms with Gasteiger partial charge in [0.15, 0.2) is 17.0 Å². The first-order chi connectivity index (χ1) is 13.7. The molecule has 3 fully saturated rings. The summed E-state index contributed by atoms with van der Waals surface area (Å²) < 4.78 is 1.73. The quantitative estimate of drug-likeness (QED) is 0.428. The Morgan fingerprint density at radius 2 is 2.07 bits per heavy atom. The summed E-state index contributed by atoms with van der Waals surface area (Å²) in [5.74, 6) is 0.731. The van der Waals surface area contributed by atoms with Crippen molar-refractivity contribution < 1.29 is 20.4 Å². The predicted octanol–water partition coefficient (Wildman–Crippen LogP) is 0.716. The van der Waals surface area contributed by atoms with Gasteiger partial charge in [-0.05, 0) is 56.5 Å². The smallest absolute Gasteiger partial charge is 0.226 e. The molecule has 3 aliphatic rings. The van der Waals surface area contributed by atoms with Gasteiger partial charge in [-0.3, -0.25) is 0 Å². The Hall–Kier alpha value is -1.52. The van der Waals surface area contributed by atoms with E-state index in [1.807, 2.05) is 0 Å². The SMILES string of the molecule is CC(C)(O)[C@@H](Nc1nc(Cl)nc2c1ncn2[C@H]1[C@H](O)[C@H](O)[C@]2(CO)C[C@H]12)C1CC1. The molecule has 0 unspecified atom stereocenters. The van der Waals surface area contributed by atoms with Crippen molar-refractivity contribution in [3.05, 3.63) is 11.6 Å². The van der Waals surface area contributed by atoms with Gasteiger partial charge >= 0.3 is 0 Å². The standard InChI is InChI=1S/C19H26ClN5O4/c1-18(2,29)13(8-3-4-8)22-15-10-16(24-17(20)23-15)25(7-21-10)11-9-5-19(9,6-26)14(28)12(11)27/h7-9,11-14,26-29H,3-6H2,1-2H3,(H,22,23,24)/t9-,11-,12+,13+,14+,19+/m1/s1. The second-order valence-corrected chi connectivity index (χ2v) is 9.74. The number of rotatable bonds is 6. The molecule has 2 aromatic rings. The fourth-order valence-corrected chi connectivity index (χ4v) is 5.37. The minimum Gasteiger partial charge on any atom is -0.396 e. The van der Waals surface area contributed by atoms with E-state index in [1.165, 1.54) is 0 Å². The largest absolute Gasteiger partial charge is 0.396 e. The number of fused-ring (bicyclic) bond motifs is 2. The minimum absolute atomic E-state index is 0.0318. The first kappa shape index (κ1) is 19.4. The fraction of sp³-hybridized carbons (Fsp3) is 0.737. The van der Waals surface area contributed by atoms with Crippen LogP contribution in [0.2, 0.25) is 5.28 Å². The van der Waals surface area contributed by atoms with Gasteiger partial charge in [-0.2, -0.15) is 9.97 Å². The van der Waals surface area contributed by atoms with E-state index in [4.69, 9.17) is 11.6 Å². The maximum atomic E-state index is 10.6. The Bertz CT molecular complexity index is 958. The summed E-state index contributed by atoms with van der Waals surface area (Å²) in [5, 5.41) is 44.7. The first-order valence-electron chi connectivity index (χ1n) is 10.0. The molecule has 9 nitrogen and oxygen atoms in total. The van der Waals surface area contributed by atoms with E-state index in [0.717, 1.165) is 12.8 Å². The number of anilines is 1. The third-order valence-corrected chi connectivity index (χ3v) is 7.18. The molecule has 6 atom stereocenters. The van der Waals surface area contributed by atoms with Crippen molar-refractivity contribution in [2.45, 2.75) is 63.0 Å². The van der Waals surface area contributed by atoms with Crippen LogP contribution in [0.1, 0.15) is 39.2 Å². The average molecular weight is 424 g/mol. The normalized spacial score (nSPS) is 35.0. The number of aliphatic hydroxyl groups excluding tert-OH is 3. The van der Waals surface area contributed by atoms with Gasteiger partial charge in [-0.15, -0.1) is 0 Å². The number of nitrogens with zero attached hydrogens (tertiary/aromatic N) is 4. The maximum Gasteiger partial charge on any atom is 0.226 e. The van der Waals surface area contributed by atoms with Gasteiger partial charge in [0.2, 0.25) is 5.28 Å². The minimum atomic E-state index is -1.03. The number of aromatic nitrogens is 4. The van der Waals surface area contributed by atoms with Crippen LogP contribution in [0.25, 0.3) is 11.2 Å². The molecule has 2 aromatic heterocycles. The van der Waals surface area contributed by atoms with Crippen LogP contribution in [0.5, 0.6) is 0 Å². The molecule has 5 N–H and O–H groups in total. The molecule has 0 saturated heterocycles. The molecule has 29 heavy (non-hydrogen) atoms. The van der Waals surface area contributed by atoms with Crippen LogP contribution < -0.4 is 5.32 Å². The van der Waals surface area contributed by atoms with Crippen LogP contribution in [0, 0.1) is 17.3 Å². The Balaban J connectivity index is 1.54. The molecule has 158 valence electrons. The van der Waals surface area contributed by atoms with Crippen LogP contribution in [0.15, 0.2) is 6.33 Å². The van der Waals surface area contributed by atoms with Crippen molar-refractivity contribution in [2.75, 3.05) is 11.9 Å². The molecule has 2 heterocycles. The van der Waals surface area contributed by atoms with Crippen LogP contribution in [-0.4, -0.2) is 70.4 Å². The van der Waals surface area contributed by atoms with Gasteiger partial charge in [-0.25, -0.2) is 4.98 Å². The molecule has 5 rings (SSSR count). The van der Waals surface area contributed by atoms with Gasteiger partial charge in [-0.1, -0.05) is 0 Å². The number of hydrogen-bond donors (Lipinski definition) is 5. The molecular weight excluding hydrogens is 398 g/mol. The maximum absolute atomic E-state index is 10.6. The summed E-state index contributed by atoms with van der Waals surface area (Å²) in [5.41, 5.74) is -0.660. The summed E-state index contributed by atoms with van der Waals surface area (Å²) in [7, 11) is 0. The highest BCUT2D eigenvalue weighted by Crippen LogP contribution is 2.67. The van der Waals surface area contributed by atoms with Crippen LogP contribution in [-0.2, 0) is 0 Å². The zero-order valence-corrected chi connectivity index (χ0v) is 17.1. The summed E-state index contributed by atoms with van der Waals surface area (Å²) in [6.45, 7) is 3.36. The summed E-state index contributed by atoms with van der Waals surface area (Å²) in [6, 6.07) is -0.652. The average Bonchev–Trinajstić information content (AvgIpc) is 3.55. The number of halogens is 1.